The molecule has 0 atom stereocenters. The molecule has 3 aromatic carbocycles. The maximum atomic E-state index is 14.0. The van der Waals surface area contributed by atoms with Crippen LogP contribution in [0, 0.1) is 18.6 Å². The highest BCUT2D eigenvalue weighted by molar-refractivity contribution is 7.19. The van der Waals surface area contributed by atoms with E-state index in [1.165, 1.54) is 38.4 Å². The van der Waals surface area contributed by atoms with Gasteiger partial charge in [-0.1, -0.05) is 53.8 Å². The lowest BCUT2D eigenvalue weighted by molar-refractivity contribution is -0.167. The first-order chi connectivity index (χ1) is 23.5. The minimum absolute atomic E-state index is 0.0478. The standard InChI is InChI=1S/C23H14F5N3OS.C11H12F3NO2/c1-12-5-2-10-17(29-12)19-20(13-6-3-7-14(11-13)23(26,27)28)33-22(30-19)31-21(32)18-15(24)8-4-9-16(18)25;1-15(17-2)10(16)7-8-4-3-5-9(6-8)11(12,13)14/h2-11H,1H3,(H,30,31,32);3-6H,7H2,1-2H3. The molecule has 2 aromatic heterocycles. The van der Waals surface area contributed by atoms with E-state index in [1.54, 1.807) is 25.1 Å². The first-order valence-corrected chi connectivity index (χ1v) is 15.1. The highest BCUT2D eigenvalue weighted by Gasteiger charge is 2.32. The van der Waals surface area contributed by atoms with Crippen LogP contribution in [0.5, 0.6) is 0 Å². The third kappa shape index (κ3) is 9.47. The van der Waals surface area contributed by atoms with Crippen molar-refractivity contribution < 1.29 is 49.5 Å². The molecule has 0 saturated carbocycles. The molecule has 7 nitrogen and oxygen atoms in total. The lowest BCUT2D eigenvalue weighted by atomic mass is 10.1. The van der Waals surface area contributed by atoms with Crippen LogP contribution in [0.1, 0.15) is 32.7 Å². The fourth-order valence-electron chi connectivity index (χ4n) is 4.37. The molecule has 0 radical (unpaired) electrons. The number of aryl methyl sites for hydroxylation is 1. The number of carbonyl (C=O) groups excluding carboxylic acids is 2. The Bertz CT molecular complexity index is 1980. The fourth-order valence-corrected chi connectivity index (χ4v) is 5.34. The zero-order valence-electron chi connectivity index (χ0n) is 26.3. The van der Waals surface area contributed by atoms with Gasteiger partial charge in [0.1, 0.15) is 22.9 Å². The van der Waals surface area contributed by atoms with Crippen molar-refractivity contribution in [3.63, 3.8) is 0 Å². The lowest BCUT2D eigenvalue weighted by Gasteiger charge is -2.14. The van der Waals surface area contributed by atoms with Crippen LogP contribution in [0.3, 0.4) is 0 Å². The van der Waals surface area contributed by atoms with Crippen molar-refractivity contribution in [3.05, 3.63) is 125 Å². The molecule has 0 spiro atoms. The number of anilines is 1. The molecule has 5 aromatic rings. The molecular weight excluding hydrogens is 696 g/mol. The van der Waals surface area contributed by atoms with Gasteiger partial charge in [0.2, 0.25) is 5.91 Å². The Morgan fingerprint density at radius 1 is 0.820 bits per heavy atom. The van der Waals surface area contributed by atoms with Crippen molar-refractivity contribution in [1.29, 1.82) is 0 Å². The maximum Gasteiger partial charge on any atom is 0.416 e. The Morgan fingerprint density at radius 2 is 1.40 bits per heavy atom. The van der Waals surface area contributed by atoms with E-state index < -0.39 is 52.5 Å². The maximum absolute atomic E-state index is 14.0. The van der Waals surface area contributed by atoms with E-state index in [1.807, 2.05) is 0 Å². The molecule has 1 N–H and O–H groups in total. The molecule has 0 aliphatic rings. The SMILES string of the molecule is CON(C)C(=O)Cc1cccc(C(F)(F)F)c1.Cc1cccc(-c2nc(NC(=O)c3c(F)cccc3F)sc2-c2cccc(C(F)(F)F)c2)n1. The van der Waals surface area contributed by atoms with Crippen molar-refractivity contribution in [2.24, 2.45) is 0 Å². The summed E-state index contributed by atoms with van der Waals surface area (Å²) in [6, 6.07) is 17.4. The average Bonchev–Trinajstić information content (AvgIpc) is 3.47. The van der Waals surface area contributed by atoms with Crippen LogP contribution >= 0.6 is 11.3 Å². The average molecular weight is 723 g/mol. The number of amides is 2. The van der Waals surface area contributed by atoms with E-state index in [9.17, 15) is 44.7 Å². The van der Waals surface area contributed by atoms with E-state index in [-0.39, 0.29) is 22.8 Å². The summed E-state index contributed by atoms with van der Waals surface area (Å²) in [6.07, 6.45) is -9.08. The molecule has 0 aliphatic heterocycles. The fraction of sp³-hybridized carbons (Fsp3) is 0.176. The van der Waals surface area contributed by atoms with E-state index in [0.717, 1.165) is 58.9 Å². The molecule has 2 amide bonds. The van der Waals surface area contributed by atoms with E-state index in [4.69, 9.17) is 0 Å². The number of carbonyl (C=O) groups is 2. The molecule has 0 saturated heterocycles. The molecule has 50 heavy (non-hydrogen) atoms. The number of nitrogens with zero attached hydrogens (tertiary/aromatic N) is 3. The van der Waals surface area contributed by atoms with Gasteiger partial charge in [-0.15, -0.1) is 0 Å². The Labute approximate surface area is 284 Å². The first kappa shape index (κ1) is 37.6. The van der Waals surface area contributed by atoms with Gasteiger partial charge in [-0.25, -0.2) is 18.8 Å². The van der Waals surface area contributed by atoms with Gasteiger partial charge < -0.3 is 0 Å². The van der Waals surface area contributed by atoms with Gasteiger partial charge in [0.25, 0.3) is 5.91 Å². The van der Waals surface area contributed by atoms with Crippen LogP contribution in [0.25, 0.3) is 21.8 Å². The molecule has 2 heterocycles. The van der Waals surface area contributed by atoms with Gasteiger partial charge in [0.05, 0.1) is 35.2 Å². The minimum Gasteiger partial charge on any atom is -0.298 e. The molecule has 0 fully saturated rings. The number of likely N-dealkylation sites (N-methyl/N-ethyl adjacent to an activating group) is 1. The second-order valence-corrected chi connectivity index (χ2v) is 11.4. The molecular formula is C34H26F8N4O3S. The normalized spacial score (nSPS) is 11.4. The summed E-state index contributed by atoms with van der Waals surface area (Å²) >= 11 is 0.872. The topological polar surface area (TPSA) is 84.4 Å². The second kappa shape index (κ2) is 15.6. The number of hydrogen-bond donors (Lipinski definition) is 1. The van der Waals surface area contributed by atoms with Gasteiger partial charge in [-0.2, -0.15) is 26.3 Å². The summed E-state index contributed by atoms with van der Waals surface area (Å²) in [4.78, 5) is 37.6. The zero-order valence-corrected chi connectivity index (χ0v) is 27.1. The van der Waals surface area contributed by atoms with Crippen LogP contribution in [-0.4, -0.2) is 41.0 Å². The van der Waals surface area contributed by atoms with Crippen molar-refractivity contribution in [2.45, 2.75) is 25.7 Å². The van der Waals surface area contributed by atoms with Gasteiger partial charge in [-0.3, -0.25) is 24.7 Å². The Balaban J connectivity index is 0.000000279. The number of hydrogen-bond acceptors (Lipinski definition) is 6. The Kier molecular flexibility index (Phi) is 11.7. The largest absolute Gasteiger partial charge is 0.416 e. The number of nitrogens with one attached hydrogen (secondary N) is 1. The quantitative estimate of drug-likeness (QED) is 0.134. The number of pyridine rings is 1. The third-order valence-electron chi connectivity index (χ3n) is 6.86. The summed E-state index contributed by atoms with van der Waals surface area (Å²) in [7, 11) is 2.71. The molecule has 0 bridgehead atoms. The van der Waals surface area contributed by atoms with E-state index in [0.29, 0.717) is 21.8 Å². The highest BCUT2D eigenvalue weighted by atomic mass is 32.1. The molecule has 0 unspecified atom stereocenters. The molecule has 0 aliphatic carbocycles. The van der Waals surface area contributed by atoms with Gasteiger partial charge in [0.15, 0.2) is 5.13 Å². The van der Waals surface area contributed by atoms with Crippen molar-refractivity contribution in [3.8, 4) is 21.8 Å². The van der Waals surface area contributed by atoms with E-state index >= 15 is 0 Å². The first-order valence-electron chi connectivity index (χ1n) is 14.3. The van der Waals surface area contributed by atoms with Crippen LogP contribution in [0.15, 0.2) is 84.9 Å². The predicted octanol–water partition coefficient (Wildman–Crippen LogP) is 9.00. The summed E-state index contributed by atoms with van der Waals surface area (Å²) in [5, 5.41) is 3.26. The van der Waals surface area contributed by atoms with Gasteiger partial charge in [0, 0.05) is 12.7 Å². The monoisotopic (exact) mass is 722 g/mol. The van der Waals surface area contributed by atoms with Crippen LogP contribution in [-0.2, 0) is 28.4 Å². The minimum atomic E-state index is -4.55. The summed E-state index contributed by atoms with van der Waals surface area (Å²) in [5.41, 5.74) is -0.646. The van der Waals surface area contributed by atoms with Crippen LogP contribution in [0.2, 0.25) is 0 Å². The summed E-state index contributed by atoms with van der Waals surface area (Å²) in [5.74, 6) is -3.59. The number of aromatic nitrogens is 2. The zero-order chi connectivity index (χ0) is 36.8. The predicted molar refractivity (Wildman–Crippen MR) is 170 cm³/mol. The van der Waals surface area contributed by atoms with E-state index in [2.05, 4.69) is 20.1 Å². The van der Waals surface area contributed by atoms with Gasteiger partial charge in [-0.05, 0) is 60.5 Å². The Morgan fingerprint density at radius 3 is 2.00 bits per heavy atom. The number of halogens is 8. The number of benzene rings is 3. The second-order valence-electron chi connectivity index (χ2n) is 10.4. The van der Waals surface area contributed by atoms with Crippen molar-refractivity contribution in [2.75, 3.05) is 19.5 Å². The molecule has 16 heteroatoms. The third-order valence-corrected chi connectivity index (χ3v) is 7.88. The summed E-state index contributed by atoms with van der Waals surface area (Å²) < 4.78 is 105. The van der Waals surface area contributed by atoms with Crippen LogP contribution in [0.4, 0.5) is 40.3 Å². The highest BCUT2D eigenvalue weighted by Crippen LogP contribution is 2.41. The smallest absolute Gasteiger partial charge is 0.298 e. The lowest BCUT2D eigenvalue weighted by Crippen LogP contribution is -2.27. The van der Waals surface area contributed by atoms with Crippen molar-refractivity contribution in [1.82, 2.24) is 15.0 Å². The molecule has 262 valence electrons. The molecule has 5 rings (SSSR count). The van der Waals surface area contributed by atoms with Crippen molar-refractivity contribution >= 4 is 28.3 Å². The van der Waals surface area contributed by atoms with Gasteiger partial charge >= 0.3 is 12.4 Å². The number of thiazole rings is 1. The Hall–Kier alpha value is -5.22. The number of rotatable bonds is 7. The number of hydroxylamine groups is 2. The summed E-state index contributed by atoms with van der Waals surface area (Å²) in [6.45, 7) is 1.74. The number of alkyl halides is 6. The van der Waals surface area contributed by atoms with Crippen LogP contribution < -0.4 is 5.32 Å².